The zero-order valence-corrected chi connectivity index (χ0v) is 8.11. The van der Waals surface area contributed by atoms with Crippen LogP contribution in [-0.2, 0) is 0 Å². The van der Waals surface area contributed by atoms with Crippen molar-refractivity contribution in [3.63, 3.8) is 0 Å². The number of hydrogen-bond acceptors (Lipinski definition) is 4. The molecule has 0 radical (unpaired) electrons. The minimum absolute atomic E-state index is 0.0186. The number of nitrogens with one attached hydrogen (secondary N) is 1. The van der Waals surface area contributed by atoms with Crippen molar-refractivity contribution in [1.82, 2.24) is 10.4 Å². The molecule has 1 rings (SSSR count). The van der Waals surface area contributed by atoms with Crippen LogP contribution in [-0.4, -0.2) is 4.98 Å². The van der Waals surface area contributed by atoms with E-state index in [1.54, 1.807) is 11.3 Å². The maximum absolute atomic E-state index is 5.37. The summed E-state index contributed by atoms with van der Waals surface area (Å²) in [7, 11) is 0. The van der Waals surface area contributed by atoms with Crippen molar-refractivity contribution in [2.75, 3.05) is 0 Å². The van der Waals surface area contributed by atoms with E-state index in [2.05, 4.69) is 17.0 Å². The number of hydrazine groups is 1. The van der Waals surface area contributed by atoms with E-state index in [4.69, 9.17) is 5.84 Å². The first-order valence-corrected chi connectivity index (χ1v) is 4.56. The molecule has 1 atom stereocenters. The van der Waals surface area contributed by atoms with Crippen molar-refractivity contribution in [3.05, 3.63) is 28.2 Å². The summed E-state index contributed by atoms with van der Waals surface area (Å²) < 4.78 is 0. The predicted octanol–water partition coefficient (Wildman–Crippen LogP) is 1.53. The van der Waals surface area contributed by atoms with Gasteiger partial charge in [0.1, 0.15) is 0 Å². The molecule has 3 N–H and O–H groups in total. The minimum Gasteiger partial charge on any atom is -0.271 e. The zero-order valence-electron chi connectivity index (χ0n) is 7.29. The van der Waals surface area contributed by atoms with Crippen LogP contribution in [0, 0.1) is 6.92 Å². The third kappa shape index (κ3) is 1.91. The van der Waals surface area contributed by atoms with E-state index in [1.807, 2.05) is 19.2 Å². The average Bonchev–Trinajstić information content (AvgIpc) is 2.37. The maximum Gasteiger partial charge on any atom is 0.0898 e. The molecule has 12 heavy (non-hydrogen) atoms. The van der Waals surface area contributed by atoms with Gasteiger partial charge in [0.25, 0.3) is 0 Å². The topological polar surface area (TPSA) is 50.9 Å². The highest BCUT2D eigenvalue weighted by molar-refractivity contribution is 7.09. The lowest BCUT2D eigenvalue weighted by Crippen LogP contribution is -2.28. The Morgan fingerprint density at radius 1 is 1.83 bits per heavy atom. The second-order valence-corrected chi connectivity index (χ2v) is 3.80. The van der Waals surface area contributed by atoms with E-state index in [0.29, 0.717) is 0 Å². The molecule has 0 bridgehead atoms. The van der Waals surface area contributed by atoms with E-state index in [9.17, 15) is 0 Å². The third-order valence-corrected chi connectivity index (χ3v) is 2.38. The fourth-order valence-corrected chi connectivity index (χ4v) is 1.63. The van der Waals surface area contributed by atoms with Crippen LogP contribution in [0.25, 0.3) is 0 Å². The minimum atomic E-state index is -0.0186. The average molecular weight is 183 g/mol. The fraction of sp³-hybridized carbons (Fsp3) is 0.375. The number of aryl methyl sites for hydroxylation is 1. The molecule has 0 saturated carbocycles. The highest BCUT2D eigenvalue weighted by atomic mass is 32.1. The molecule has 1 aromatic heterocycles. The molecule has 0 aliphatic heterocycles. The molecule has 0 saturated heterocycles. The quantitative estimate of drug-likeness (QED) is 0.424. The van der Waals surface area contributed by atoms with Crippen LogP contribution < -0.4 is 11.3 Å². The molecule has 0 aliphatic carbocycles. The monoisotopic (exact) mass is 183 g/mol. The molecule has 0 amide bonds. The lowest BCUT2D eigenvalue weighted by atomic mass is 10.1. The summed E-state index contributed by atoms with van der Waals surface area (Å²) in [5.41, 5.74) is 4.60. The number of aromatic nitrogens is 1. The fourth-order valence-electron chi connectivity index (χ4n) is 0.993. The van der Waals surface area contributed by atoms with Crippen LogP contribution in [0.1, 0.15) is 23.7 Å². The Kier molecular flexibility index (Phi) is 2.97. The summed E-state index contributed by atoms with van der Waals surface area (Å²) in [5, 5.41) is 3.04. The lowest BCUT2D eigenvalue weighted by molar-refractivity contribution is 0.613. The smallest absolute Gasteiger partial charge is 0.0898 e. The summed E-state index contributed by atoms with van der Waals surface area (Å²) in [6.45, 7) is 7.74. The van der Waals surface area contributed by atoms with Crippen LogP contribution in [0.2, 0.25) is 0 Å². The molecule has 1 unspecified atom stereocenters. The lowest BCUT2D eigenvalue weighted by Gasteiger charge is -2.12. The Hall–Kier alpha value is -0.710. The molecule has 1 heterocycles. The van der Waals surface area contributed by atoms with Gasteiger partial charge in [-0.3, -0.25) is 5.84 Å². The van der Waals surface area contributed by atoms with Gasteiger partial charge in [-0.2, -0.15) is 0 Å². The summed E-state index contributed by atoms with van der Waals surface area (Å²) in [4.78, 5) is 4.32. The van der Waals surface area contributed by atoms with Crippen molar-refractivity contribution >= 4 is 11.3 Å². The Labute approximate surface area is 76.3 Å². The molecular formula is C8H13N3S. The second-order valence-electron chi connectivity index (χ2n) is 2.74. The molecular weight excluding hydrogens is 170 g/mol. The van der Waals surface area contributed by atoms with Gasteiger partial charge in [0.2, 0.25) is 0 Å². The number of nitrogens with two attached hydrogens (primary N) is 1. The van der Waals surface area contributed by atoms with Crippen molar-refractivity contribution in [2.24, 2.45) is 5.84 Å². The van der Waals surface area contributed by atoms with Crippen LogP contribution in [0.3, 0.4) is 0 Å². The van der Waals surface area contributed by atoms with Crippen molar-refractivity contribution in [1.29, 1.82) is 0 Å². The Morgan fingerprint density at radius 2 is 2.50 bits per heavy atom. The molecule has 3 nitrogen and oxygen atoms in total. The SMILES string of the molecule is C=C(C)C(NN)c1csc(C)n1. The van der Waals surface area contributed by atoms with Crippen molar-refractivity contribution in [3.8, 4) is 0 Å². The molecule has 0 aliphatic rings. The summed E-state index contributed by atoms with van der Waals surface area (Å²) in [6.07, 6.45) is 0. The van der Waals surface area contributed by atoms with Crippen molar-refractivity contribution < 1.29 is 0 Å². The van der Waals surface area contributed by atoms with Gasteiger partial charge in [-0.15, -0.1) is 11.3 Å². The molecule has 1 aromatic rings. The second kappa shape index (κ2) is 3.80. The van der Waals surface area contributed by atoms with Gasteiger partial charge in [0.05, 0.1) is 16.7 Å². The van der Waals surface area contributed by atoms with Gasteiger partial charge in [-0.25, -0.2) is 10.4 Å². The first-order chi connectivity index (χ1) is 5.65. The Morgan fingerprint density at radius 3 is 2.83 bits per heavy atom. The first kappa shape index (κ1) is 9.38. The normalized spacial score (nSPS) is 12.9. The number of rotatable bonds is 3. The molecule has 66 valence electrons. The van der Waals surface area contributed by atoms with Gasteiger partial charge in [-0.05, 0) is 13.8 Å². The highest BCUT2D eigenvalue weighted by Crippen LogP contribution is 2.20. The molecule has 0 aromatic carbocycles. The van der Waals surface area contributed by atoms with Crippen LogP contribution in [0.5, 0.6) is 0 Å². The largest absolute Gasteiger partial charge is 0.271 e. The van der Waals surface area contributed by atoms with Gasteiger partial charge in [-0.1, -0.05) is 12.2 Å². The highest BCUT2D eigenvalue weighted by Gasteiger charge is 2.12. The summed E-state index contributed by atoms with van der Waals surface area (Å²) in [5.74, 6) is 5.37. The van der Waals surface area contributed by atoms with E-state index in [-0.39, 0.29) is 6.04 Å². The first-order valence-electron chi connectivity index (χ1n) is 3.68. The van der Waals surface area contributed by atoms with Crippen LogP contribution >= 0.6 is 11.3 Å². The van der Waals surface area contributed by atoms with Crippen molar-refractivity contribution in [2.45, 2.75) is 19.9 Å². The van der Waals surface area contributed by atoms with Gasteiger partial charge < -0.3 is 0 Å². The van der Waals surface area contributed by atoms with E-state index in [1.165, 1.54) is 0 Å². The molecule has 4 heteroatoms. The van der Waals surface area contributed by atoms with E-state index < -0.39 is 0 Å². The van der Waals surface area contributed by atoms with Gasteiger partial charge in [0.15, 0.2) is 0 Å². The van der Waals surface area contributed by atoms with Gasteiger partial charge in [0, 0.05) is 5.38 Å². The molecule has 0 fully saturated rings. The van der Waals surface area contributed by atoms with Gasteiger partial charge >= 0.3 is 0 Å². The third-order valence-electron chi connectivity index (χ3n) is 1.59. The predicted molar refractivity (Wildman–Crippen MR) is 51.7 cm³/mol. The van der Waals surface area contributed by atoms with E-state index in [0.717, 1.165) is 16.3 Å². The van der Waals surface area contributed by atoms with E-state index >= 15 is 0 Å². The maximum atomic E-state index is 5.37. The standard InChI is InChI=1S/C8H13N3S/c1-5(2)8(11-9)7-4-12-6(3)10-7/h4,8,11H,1,9H2,2-3H3. The van der Waals surface area contributed by atoms with Crippen LogP contribution in [0.4, 0.5) is 0 Å². The zero-order chi connectivity index (χ0) is 9.14. The summed E-state index contributed by atoms with van der Waals surface area (Å²) >= 11 is 1.62. The molecule has 0 spiro atoms. The number of thiazole rings is 1. The Bertz CT molecular complexity index is 280. The number of nitrogens with zero attached hydrogens (tertiary/aromatic N) is 1. The summed E-state index contributed by atoms with van der Waals surface area (Å²) in [6, 6.07) is -0.0186. The Balaban J connectivity index is 2.87. The number of hydrogen-bond donors (Lipinski definition) is 2. The van der Waals surface area contributed by atoms with Crippen LogP contribution in [0.15, 0.2) is 17.5 Å².